The zero-order valence-corrected chi connectivity index (χ0v) is 10.4. The van der Waals surface area contributed by atoms with Gasteiger partial charge in [-0.2, -0.15) is 0 Å². The summed E-state index contributed by atoms with van der Waals surface area (Å²) in [6, 6.07) is 2.08. The van der Waals surface area contributed by atoms with Crippen molar-refractivity contribution >= 4 is 0 Å². The predicted molar refractivity (Wildman–Crippen MR) is 66.8 cm³/mol. The van der Waals surface area contributed by atoms with E-state index in [0.29, 0.717) is 5.88 Å². The molecule has 1 aliphatic rings. The summed E-state index contributed by atoms with van der Waals surface area (Å²) in [7, 11) is 1.62. The van der Waals surface area contributed by atoms with E-state index in [1.807, 2.05) is 6.07 Å². The van der Waals surface area contributed by atoms with Gasteiger partial charge in [0, 0.05) is 24.2 Å². The molecule has 1 aromatic heterocycles. The van der Waals surface area contributed by atoms with Gasteiger partial charge in [0.15, 0.2) is 0 Å². The normalized spacial score (nSPS) is 18.2. The maximum absolute atomic E-state index is 6.18. The van der Waals surface area contributed by atoms with E-state index in [-0.39, 0.29) is 6.04 Å². The second-order valence-corrected chi connectivity index (χ2v) is 4.90. The van der Waals surface area contributed by atoms with Gasteiger partial charge in [-0.25, -0.2) is 9.97 Å². The Bertz CT molecular complexity index is 350. The Morgan fingerprint density at radius 3 is 2.88 bits per heavy atom. The van der Waals surface area contributed by atoms with Crippen molar-refractivity contribution in [2.45, 2.75) is 44.6 Å². The standard InChI is InChI=1S/C13H21N3O/c1-17-13-8-12(15-9-16-13)7-11(14)6-10-4-2-3-5-10/h8-11H,2-7,14H2,1H3. The fourth-order valence-electron chi connectivity index (χ4n) is 2.63. The monoisotopic (exact) mass is 235 g/mol. The van der Waals surface area contributed by atoms with Crippen LogP contribution in [-0.2, 0) is 6.42 Å². The minimum atomic E-state index is 0.206. The molecule has 1 atom stereocenters. The number of methoxy groups -OCH3 is 1. The van der Waals surface area contributed by atoms with Crippen LogP contribution in [0.5, 0.6) is 5.88 Å². The summed E-state index contributed by atoms with van der Waals surface area (Å²) in [4.78, 5) is 8.23. The molecule has 2 rings (SSSR count). The predicted octanol–water partition coefficient (Wildman–Crippen LogP) is 1.94. The van der Waals surface area contributed by atoms with Crippen molar-refractivity contribution in [2.75, 3.05) is 7.11 Å². The molecular weight excluding hydrogens is 214 g/mol. The molecule has 0 bridgehead atoms. The Labute approximate surface area is 103 Å². The van der Waals surface area contributed by atoms with Crippen molar-refractivity contribution in [3.63, 3.8) is 0 Å². The molecule has 0 aliphatic heterocycles. The van der Waals surface area contributed by atoms with Crippen LogP contribution in [0.1, 0.15) is 37.8 Å². The molecule has 94 valence electrons. The third-order valence-corrected chi connectivity index (χ3v) is 3.49. The van der Waals surface area contributed by atoms with Crippen LogP contribution in [-0.4, -0.2) is 23.1 Å². The number of nitrogens with zero attached hydrogens (tertiary/aromatic N) is 2. The van der Waals surface area contributed by atoms with E-state index in [9.17, 15) is 0 Å². The fraction of sp³-hybridized carbons (Fsp3) is 0.692. The van der Waals surface area contributed by atoms with Crippen LogP contribution in [0.4, 0.5) is 0 Å². The van der Waals surface area contributed by atoms with E-state index in [1.54, 1.807) is 7.11 Å². The molecule has 1 aromatic rings. The van der Waals surface area contributed by atoms with Crippen molar-refractivity contribution in [1.82, 2.24) is 9.97 Å². The Kier molecular flexibility index (Phi) is 4.31. The number of hydrogen-bond donors (Lipinski definition) is 1. The third-order valence-electron chi connectivity index (χ3n) is 3.49. The number of rotatable bonds is 5. The summed E-state index contributed by atoms with van der Waals surface area (Å²) in [6.07, 6.45) is 8.91. The zero-order valence-electron chi connectivity index (χ0n) is 10.4. The number of aromatic nitrogens is 2. The van der Waals surface area contributed by atoms with E-state index >= 15 is 0 Å². The van der Waals surface area contributed by atoms with Crippen LogP contribution in [0.3, 0.4) is 0 Å². The Hall–Kier alpha value is -1.16. The molecule has 1 saturated carbocycles. The minimum Gasteiger partial charge on any atom is -0.481 e. The zero-order chi connectivity index (χ0) is 12.1. The van der Waals surface area contributed by atoms with Gasteiger partial charge in [0.2, 0.25) is 5.88 Å². The van der Waals surface area contributed by atoms with Gasteiger partial charge in [-0.05, 0) is 12.3 Å². The highest BCUT2D eigenvalue weighted by Gasteiger charge is 2.18. The molecule has 0 saturated heterocycles. The van der Waals surface area contributed by atoms with E-state index in [0.717, 1.165) is 24.5 Å². The van der Waals surface area contributed by atoms with Crippen molar-refractivity contribution in [3.05, 3.63) is 18.1 Å². The average Bonchev–Trinajstić information content (AvgIpc) is 2.82. The quantitative estimate of drug-likeness (QED) is 0.847. The second kappa shape index (κ2) is 5.96. The summed E-state index contributed by atoms with van der Waals surface area (Å²) >= 11 is 0. The first-order valence-corrected chi connectivity index (χ1v) is 6.38. The first kappa shape index (κ1) is 12.3. The van der Waals surface area contributed by atoms with Crippen LogP contribution in [0.15, 0.2) is 12.4 Å². The molecule has 0 spiro atoms. The van der Waals surface area contributed by atoms with Crippen LogP contribution >= 0.6 is 0 Å². The highest BCUT2D eigenvalue weighted by Crippen LogP contribution is 2.28. The lowest BCUT2D eigenvalue weighted by Gasteiger charge is -2.15. The number of nitrogens with two attached hydrogens (primary N) is 1. The van der Waals surface area contributed by atoms with Crippen molar-refractivity contribution in [2.24, 2.45) is 11.7 Å². The average molecular weight is 235 g/mol. The molecular formula is C13H21N3O. The molecule has 17 heavy (non-hydrogen) atoms. The first-order chi connectivity index (χ1) is 8.28. The molecule has 1 fully saturated rings. The highest BCUT2D eigenvalue weighted by molar-refractivity contribution is 5.14. The summed E-state index contributed by atoms with van der Waals surface area (Å²) in [5.74, 6) is 1.44. The summed E-state index contributed by atoms with van der Waals surface area (Å²) in [5.41, 5.74) is 7.15. The lowest BCUT2D eigenvalue weighted by molar-refractivity contribution is 0.394. The van der Waals surface area contributed by atoms with E-state index in [1.165, 1.54) is 32.0 Å². The van der Waals surface area contributed by atoms with Gasteiger partial charge in [-0.15, -0.1) is 0 Å². The molecule has 1 unspecified atom stereocenters. The molecule has 4 nitrogen and oxygen atoms in total. The number of hydrogen-bond acceptors (Lipinski definition) is 4. The number of ether oxygens (including phenoxy) is 1. The smallest absolute Gasteiger partial charge is 0.216 e. The fourth-order valence-corrected chi connectivity index (χ4v) is 2.63. The molecule has 0 radical (unpaired) electrons. The Balaban J connectivity index is 1.85. The molecule has 1 heterocycles. The first-order valence-electron chi connectivity index (χ1n) is 6.38. The molecule has 2 N–H and O–H groups in total. The minimum absolute atomic E-state index is 0.206. The van der Waals surface area contributed by atoms with Crippen LogP contribution in [0, 0.1) is 5.92 Å². The third kappa shape index (κ3) is 3.66. The Morgan fingerprint density at radius 1 is 1.41 bits per heavy atom. The molecule has 0 aromatic carbocycles. The van der Waals surface area contributed by atoms with Crippen LogP contribution in [0.2, 0.25) is 0 Å². The summed E-state index contributed by atoms with van der Waals surface area (Å²) in [6.45, 7) is 0. The van der Waals surface area contributed by atoms with Gasteiger partial charge in [0.05, 0.1) is 7.11 Å². The van der Waals surface area contributed by atoms with Crippen molar-refractivity contribution in [1.29, 1.82) is 0 Å². The van der Waals surface area contributed by atoms with Gasteiger partial charge in [0.1, 0.15) is 6.33 Å². The van der Waals surface area contributed by atoms with Gasteiger partial charge < -0.3 is 10.5 Å². The van der Waals surface area contributed by atoms with Crippen molar-refractivity contribution < 1.29 is 4.74 Å². The summed E-state index contributed by atoms with van der Waals surface area (Å²) < 4.78 is 5.08. The topological polar surface area (TPSA) is 61.0 Å². The van der Waals surface area contributed by atoms with Gasteiger partial charge >= 0.3 is 0 Å². The molecule has 1 aliphatic carbocycles. The largest absolute Gasteiger partial charge is 0.481 e. The molecule has 0 amide bonds. The van der Waals surface area contributed by atoms with E-state index < -0.39 is 0 Å². The maximum Gasteiger partial charge on any atom is 0.216 e. The lowest BCUT2D eigenvalue weighted by Crippen LogP contribution is -2.25. The van der Waals surface area contributed by atoms with Crippen LogP contribution in [0.25, 0.3) is 0 Å². The second-order valence-electron chi connectivity index (χ2n) is 4.90. The molecule has 4 heteroatoms. The highest BCUT2D eigenvalue weighted by atomic mass is 16.5. The van der Waals surface area contributed by atoms with Gasteiger partial charge in [-0.1, -0.05) is 25.7 Å². The van der Waals surface area contributed by atoms with Gasteiger partial charge in [0.25, 0.3) is 0 Å². The lowest BCUT2D eigenvalue weighted by atomic mass is 9.96. The van der Waals surface area contributed by atoms with E-state index in [2.05, 4.69) is 9.97 Å². The Morgan fingerprint density at radius 2 is 2.18 bits per heavy atom. The van der Waals surface area contributed by atoms with Crippen LogP contribution < -0.4 is 10.5 Å². The van der Waals surface area contributed by atoms with Gasteiger partial charge in [-0.3, -0.25) is 0 Å². The maximum atomic E-state index is 6.18. The SMILES string of the molecule is COc1cc(CC(N)CC2CCCC2)ncn1. The summed E-state index contributed by atoms with van der Waals surface area (Å²) in [5, 5.41) is 0. The van der Waals surface area contributed by atoms with Crippen molar-refractivity contribution in [3.8, 4) is 5.88 Å². The van der Waals surface area contributed by atoms with E-state index in [4.69, 9.17) is 10.5 Å².